The molecule has 0 saturated carbocycles. The summed E-state index contributed by atoms with van der Waals surface area (Å²) in [4.78, 5) is 49.2. The van der Waals surface area contributed by atoms with Crippen LogP contribution >= 0.6 is 11.8 Å². The molecule has 0 heterocycles. The Morgan fingerprint density at radius 3 is 2.09 bits per heavy atom. The molecule has 0 aromatic rings. The minimum atomic E-state index is -1.29. The van der Waals surface area contributed by atoms with Gasteiger partial charge in [-0.3, -0.25) is 14.4 Å². The molecule has 9 N–H and O–H groups in total. The van der Waals surface area contributed by atoms with E-state index in [9.17, 15) is 29.4 Å². The molecule has 5 unspecified atom stereocenters. The van der Waals surface area contributed by atoms with Crippen LogP contribution in [0, 0.1) is 5.92 Å². The standard InChI is InChI=1S/C20H39N5O6S/c1-4-12(2)16(19(29)23-14(20(30)31)7-5-6-9-21)25-18(28)15(11-26)24-17(27)13(22)8-10-32-3/h12-16,26H,4-11,21-22H2,1-3H3,(H,23,29)(H,24,27)(H,25,28)(H,30,31). The summed E-state index contributed by atoms with van der Waals surface area (Å²) in [5.41, 5.74) is 11.2. The maximum atomic E-state index is 12.8. The Hall–Kier alpha value is -1.89. The molecule has 0 aliphatic heterocycles. The smallest absolute Gasteiger partial charge is 0.326 e. The molecule has 0 saturated heterocycles. The average molecular weight is 478 g/mol. The molecule has 186 valence electrons. The summed E-state index contributed by atoms with van der Waals surface area (Å²) in [7, 11) is 0. The van der Waals surface area contributed by atoms with E-state index in [1.54, 1.807) is 6.92 Å². The van der Waals surface area contributed by atoms with Crippen LogP contribution in [0.5, 0.6) is 0 Å². The lowest BCUT2D eigenvalue weighted by atomic mass is 9.97. The number of carbonyl (C=O) groups excluding carboxylic acids is 3. The van der Waals surface area contributed by atoms with Crippen molar-refractivity contribution >= 4 is 35.5 Å². The Kier molecular flexibility index (Phi) is 15.7. The van der Waals surface area contributed by atoms with Crippen LogP contribution < -0.4 is 27.4 Å². The van der Waals surface area contributed by atoms with Crippen LogP contribution in [0.1, 0.15) is 46.0 Å². The number of unbranched alkanes of at least 4 members (excludes halogenated alkanes) is 1. The van der Waals surface area contributed by atoms with Gasteiger partial charge in [-0.2, -0.15) is 11.8 Å². The zero-order chi connectivity index (χ0) is 24.7. The maximum Gasteiger partial charge on any atom is 0.326 e. The zero-order valence-electron chi connectivity index (χ0n) is 19.1. The highest BCUT2D eigenvalue weighted by molar-refractivity contribution is 7.98. The Bertz CT molecular complexity index is 609. The number of carboxylic acids is 1. The van der Waals surface area contributed by atoms with Gasteiger partial charge >= 0.3 is 5.97 Å². The quantitative estimate of drug-likeness (QED) is 0.125. The molecule has 0 aromatic carbocycles. The van der Waals surface area contributed by atoms with Gasteiger partial charge in [0.05, 0.1) is 12.6 Å². The second-order valence-corrected chi connectivity index (χ2v) is 8.67. The van der Waals surface area contributed by atoms with Crippen molar-refractivity contribution in [3.8, 4) is 0 Å². The number of aliphatic carboxylic acids is 1. The second kappa shape index (κ2) is 16.7. The van der Waals surface area contributed by atoms with Crippen molar-refractivity contribution < 1.29 is 29.4 Å². The predicted molar refractivity (Wildman–Crippen MR) is 124 cm³/mol. The van der Waals surface area contributed by atoms with E-state index in [0.717, 1.165) is 0 Å². The fourth-order valence-corrected chi connectivity index (χ4v) is 3.31. The topological polar surface area (TPSA) is 197 Å². The highest BCUT2D eigenvalue weighted by Gasteiger charge is 2.32. The van der Waals surface area contributed by atoms with Gasteiger partial charge in [-0.25, -0.2) is 4.79 Å². The zero-order valence-corrected chi connectivity index (χ0v) is 20.0. The van der Waals surface area contributed by atoms with Crippen molar-refractivity contribution in [1.29, 1.82) is 0 Å². The summed E-state index contributed by atoms with van der Waals surface area (Å²) in [6.07, 6.45) is 4.18. The molecule has 0 fully saturated rings. The monoisotopic (exact) mass is 477 g/mol. The van der Waals surface area contributed by atoms with Gasteiger partial charge in [-0.1, -0.05) is 20.3 Å². The first-order valence-corrected chi connectivity index (χ1v) is 12.2. The first-order valence-electron chi connectivity index (χ1n) is 10.8. The Balaban J connectivity index is 5.21. The van der Waals surface area contributed by atoms with Crippen LogP contribution in [-0.4, -0.2) is 83.2 Å². The van der Waals surface area contributed by atoms with Crippen LogP contribution in [0.2, 0.25) is 0 Å². The van der Waals surface area contributed by atoms with Crippen LogP contribution in [0.4, 0.5) is 0 Å². The van der Waals surface area contributed by atoms with Crippen molar-refractivity contribution in [1.82, 2.24) is 16.0 Å². The fourth-order valence-electron chi connectivity index (χ4n) is 2.82. The van der Waals surface area contributed by atoms with Crippen molar-refractivity contribution in [3.63, 3.8) is 0 Å². The van der Waals surface area contributed by atoms with Crippen LogP contribution in [0.15, 0.2) is 0 Å². The first-order chi connectivity index (χ1) is 15.1. The van der Waals surface area contributed by atoms with Gasteiger partial charge in [0.1, 0.15) is 18.1 Å². The van der Waals surface area contributed by atoms with E-state index < -0.39 is 54.5 Å². The number of thioether (sulfide) groups is 1. The van der Waals surface area contributed by atoms with E-state index >= 15 is 0 Å². The van der Waals surface area contributed by atoms with Crippen molar-refractivity contribution in [2.45, 2.75) is 70.1 Å². The number of amides is 3. The maximum absolute atomic E-state index is 12.8. The summed E-state index contributed by atoms with van der Waals surface area (Å²) in [6.45, 7) is 3.29. The van der Waals surface area contributed by atoms with E-state index in [4.69, 9.17) is 11.5 Å². The molecule has 12 heteroatoms. The fraction of sp³-hybridized carbons (Fsp3) is 0.800. The molecular formula is C20H39N5O6S. The molecule has 5 atom stereocenters. The summed E-state index contributed by atoms with van der Waals surface area (Å²) >= 11 is 1.53. The number of hydrogen-bond donors (Lipinski definition) is 7. The van der Waals surface area contributed by atoms with E-state index in [-0.39, 0.29) is 12.3 Å². The Morgan fingerprint density at radius 1 is 0.969 bits per heavy atom. The van der Waals surface area contributed by atoms with Crippen molar-refractivity contribution in [2.75, 3.05) is 25.2 Å². The number of hydrogen-bond acceptors (Lipinski definition) is 8. The van der Waals surface area contributed by atoms with Crippen LogP contribution in [-0.2, 0) is 19.2 Å². The summed E-state index contributed by atoms with van der Waals surface area (Å²) in [6, 6.07) is -4.27. The molecule has 0 aliphatic carbocycles. The third-order valence-electron chi connectivity index (χ3n) is 5.14. The first kappa shape index (κ1) is 30.1. The summed E-state index contributed by atoms with van der Waals surface area (Å²) in [5.74, 6) is -2.82. The lowest BCUT2D eigenvalue weighted by Gasteiger charge is -2.27. The lowest BCUT2D eigenvalue weighted by Crippen LogP contribution is -2.59. The number of aliphatic hydroxyl groups excluding tert-OH is 1. The molecule has 11 nitrogen and oxygen atoms in total. The highest BCUT2D eigenvalue weighted by atomic mass is 32.2. The highest BCUT2D eigenvalue weighted by Crippen LogP contribution is 2.10. The number of aliphatic hydroxyl groups is 1. The molecule has 0 rings (SSSR count). The third-order valence-corrected chi connectivity index (χ3v) is 5.78. The van der Waals surface area contributed by atoms with Gasteiger partial charge in [0.25, 0.3) is 0 Å². The van der Waals surface area contributed by atoms with Gasteiger partial charge in [-0.15, -0.1) is 0 Å². The molecule has 0 aliphatic rings. The Labute approximate surface area is 193 Å². The molecule has 0 spiro atoms. The molecular weight excluding hydrogens is 438 g/mol. The van der Waals surface area contributed by atoms with E-state index in [1.165, 1.54) is 11.8 Å². The molecule has 0 bridgehead atoms. The van der Waals surface area contributed by atoms with E-state index in [2.05, 4.69) is 16.0 Å². The minimum absolute atomic E-state index is 0.211. The predicted octanol–water partition coefficient (Wildman–Crippen LogP) is -1.23. The van der Waals surface area contributed by atoms with Crippen LogP contribution in [0.3, 0.4) is 0 Å². The summed E-state index contributed by atoms with van der Waals surface area (Å²) in [5, 5.41) is 26.4. The molecule has 0 radical (unpaired) electrons. The number of rotatable bonds is 17. The van der Waals surface area contributed by atoms with Crippen molar-refractivity contribution in [3.05, 3.63) is 0 Å². The number of nitrogens with one attached hydrogen (secondary N) is 3. The molecule has 32 heavy (non-hydrogen) atoms. The van der Waals surface area contributed by atoms with Gasteiger partial charge in [0.15, 0.2) is 0 Å². The third kappa shape index (κ3) is 11.1. The van der Waals surface area contributed by atoms with Gasteiger partial charge < -0.3 is 37.6 Å². The normalized spacial score (nSPS) is 15.7. The number of carboxylic acid groups (broad SMARTS) is 1. The number of carbonyl (C=O) groups is 4. The second-order valence-electron chi connectivity index (χ2n) is 7.69. The van der Waals surface area contributed by atoms with Gasteiger partial charge in [-0.05, 0) is 50.2 Å². The van der Waals surface area contributed by atoms with Crippen molar-refractivity contribution in [2.24, 2.45) is 17.4 Å². The van der Waals surface area contributed by atoms with E-state index in [0.29, 0.717) is 38.0 Å². The van der Waals surface area contributed by atoms with Gasteiger partial charge in [0, 0.05) is 0 Å². The lowest BCUT2D eigenvalue weighted by molar-refractivity contribution is -0.143. The molecule has 3 amide bonds. The minimum Gasteiger partial charge on any atom is -0.480 e. The SMILES string of the molecule is CCC(C)C(NC(=O)C(CO)NC(=O)C(N)CCSC)C(=O)NC(CCCCN)C(=O)O. The van der Waals surface area contributed by atoms with Crippen LogP contribution in [0.25, 0.3) is 0 Å². The summed E-state index contributed by atoms with van der Waals surface area (Å²) < 4.78 is 0. The van der Waals surface area contributed by atoms with Gasteiger partial charge in [0.2, 0.25) is 17.7 Å². The number of nitrogens with two attached hydrogens (primary N) is 2. The average Bonchev–Trinajstić information content (AvgIpc) is 2.77. The van der Waals surface area contributed by atoms with E-state index in [1.807, 2.05) is 13.2 Å². The molecule has 0 aromatic heterocycles. The largest absolute Gasteiger partial charge is 0.480 e. The Morgan fingerprint density at radius 2 is 1.59 bits per heavy atom.